The lowest BCUT2D eigenvalue weighted by Crippen LogP contribution is -2.49. The first-order chi connectivity index (χ1) is 29.2. The van der Waals surface area contributed by atoms with Gasteiger partial charge in [-0.3, -0.25) is 9.59 Å². The van der Waals surface area contributed by atoms with Gasteiger partial charge >= 0.3 is 24.3 Å². The zero-order valence-electron chi connectivity index (χ0n) is 38.9. The number of benzene rings is 3. The molecule has 16 heteroatoms. The van der Waals surface area contributed by atoms with Crippen molar-refractivity contribution in [3.63, 3.8) is 0 Å². The Morgan fingerprint density at radius 3 is 1.08 bits per heavy atom. The second-order valence-corrected chi connectivity index (χ2v) is 17.2. The van der Waals surface area contributed by atoms with Crippen molar-refractivity contribution < 1.29 is 51.5 Å². The average Bonchev–Trinajstić information content (AvgIpc) is 3.18. The third-order valence-electron chi connectivity index (χ3n) is 8.34. The molecule has 0 fully saturated rings. The summed E-state index contributed by atoms with van der Waals surface area (Å²) < 4.78 is 47.9. The van der Waals surface area contributed by atoms with Crippen molar-refractivity contribution in [2.75, 3.05) is 14.2 Å². The summed E-state index contributed by atoms with van der Waals surface area (Å²) in [6.07, 6.45) is -5.98. The van der Waals surface area contributed by atoms with Gasteiger partial charge in [0.15, 0.2) is 5.78 Å². The first-order valence-corrected chi connectivity index (χ1v) is 20.5. The molecule has 3 amide bonds. The molecular weight excluding hydrogens is 820 g/mol. The summed E-state index contributed by atoms with van der Waals surface area (Å²) in [5.41, 5.74) is 1.86. The maximum Gasteiger partial charge on any atom is 0.471 e. The zero-order chi connectivity index (χ0) is 48.1. The largest absolute Gasteiger partial charge is 0.471 e. The number of ether oxygens (including phenoxy) is 2. The van der Waals surface area contributed by atoms with Crippen LogP contribution in [-0.2, 0) is 23.9 Å². The highest BCUT2D eigenvalue weighted by Gasteiger charge is 2.41. The molecule has 3 N–H and O–H groups in total. The van der Waals surface area contributed by atoms with Crippen LogP contribution in [0.25, 0.3) is 0 Å². The van der Waals surface area contributed by atoms with Gasteiger partial charge in [-0.05, 0) is 59.3 Å². The predicted molar refractivity (Wildman–Crippen MR) is 240 cm³/mol. The van der Waals surface area contributed by atoms with Crippen LogP contribution in [0.3, 0.4) is 0 Å². The highest BCUT2D eigenvalue weighted by molar-refractivity contribution is 6.06. The Labute approximate surface area is 370 Å². The maximum atomic E-state index is 12.4. The summed E-state index contributed by atoms with van der Waals surface area (Å²) in [7, 11) is 2.79. The van der Waals surface area contributed by atoms with Crippen LogP contribution >= 0.6 is 0 Å². The van der Waals surface area contributed by atoms with Crippen molar-refractivity contribution in [3.05, 3.63) is 108 Å². The fourth-order valence-electron chi connectivity index (χ4n) is 5.50. The van der Waals surface area contributed by atoms with E-state index >= 15 is 0 Å². The standard InChI is InChI=1S/C17H26N2O3.C16H23NO3.C14H17F3N2O2/c1-12(2)14(18-16(20)22-17(3,4)5)15(19-21-6)13-10-8-7-9-11-13;1-11(2)13(17-15(19)20-16(3,4)5)14(18)12-9-7-6-8-10-12;1-9(2)11(18-13(20)14(15,16)17)12(19-21-3)10-7-5-4-6-8-10/h7-12,14H,1-6H3,(H,18,20);6-11,13H,1-5H3,(H,17,19);4-9,11H,1-3H3,(H,18,20)/t14-;13-;11-/m000/s1. The average molecular weight is 886 g/mol. The number of Topliss-reactive ketones (excluding diaryl/α,β-unsaturated/α-hetero) is 1. The fraction of sp³-hybridized carbons (Fsp3) is 0.489. The number of halogens is 3. The van der Waals surface area contributed by atoms with Gasteiger partial charge in [-0.2, -0.15) is 13.2 Å². The van der Waals surface area contributed by atoms with Crippen LogP contribution in [0.1, 0.15) is 105 Å². The van der Waals surface area contributed by atoms with E-state index in [4.69, 9.17) is 19.1 Å². The Hall–Kier alpha value is -5.93. The zero-order valence-corrected chi connectivity index (χ0v) is 38.9. The monoisotopic (exact) mass is 885 g/mol. The number of carbonyl (C=O) groups excluding carboxylic acids is 4. The molecule has 0 bridgehead atoms. The Morgan fingerprint density at radius 1 is 0.492 bits per heavy atom. The molecule has 0 heterocycles. The number of amides is 3. The normalized spacial score (nSPS) is 13.5. The molecular formula is C47H66F3N5O8. The Kier molecular flexibility index (Phi) is 22.6. The molecule has 3 rings (SSSR count). The van der Waals surface area contributed by atoms with E-state index in [-0.39, 0.29) is 35.3 Å². The van der Waals surface area contributed by atoms with Crippen molar-refractivity contribution in [2.45, 2.75) is 119 Å². The highest BCUT2D eigenvalue weighted by atomic mass is 19.4. The molecule has 3 aromatic rings. The summed E-state index contributed by atoms with van der Waals surface area (Å²) >= 11 is 0. The minimum Gasteiger partial charge on any atom is -0.444 e. The van der Waals surface area contributed by atoms with Gasteiger partial charge in [0.05, 0.1) is 18.1 Å². The van der Waals surface area contributed by atoms with Crippen LogP contribution in [0.4, 0.5) is 22.8 Å². The number of alkyl halides is 3. The highest BCUT2D eigenvalue weighted by Crippen LogP contribution is 2.19. The molecule has 0 unspecified atom stereocenters. The van der Waals surface area contributed by atoms with E-state index in [0.29, 0.717) is 16.8 Å². The maximum absolute atomic E-state index is 12.4. The van der Waals surface area contributed by atoms with Crippen LogP contribution in [0.5, 0.6) is 0 Å². The van der Waals surface area contributed by atoms with Gasteiger partial charge in [0.25, 0.3) is 0 Å². The van der Waals surface area contributed by atoms with E-state index < -0.39 is 47.6 Å². The topological polar surface area (TPSA) is 166 Å². The molecule has 0 aliphatic carbocycles. The molecule has 3 aromatic carbocycles. The van der Waals surface area contributed by atoms with Crippen LogP contribution < -0.4 is 16.0 Å². The number of oxime groups is 2. The van der Waals surface area contributed by atoms with E-state index in [2.05, 4.69) is 20.9 Å². The molecule has 0 spiro atoms. The molecule has 0 radical (unpaired) electrons. The molecule has 0 aromatic heterocycles. The van der Waals surface area contributed by atoms with E-state index in [1.165, 1.54) is 14.2 Å². The van der Waals surface area contributed by atoms with Crippen molar-refractivity contribution in [3.8, 4) is 0 Å². The van der Waals surface area contributed by atoms with Crippen molar-refractivity contribution >= 4 is 35.3 Å². The SMILES string of the molecule is CC(C)[C@H](NC(=O)OC(C)(C)C)C(=O)c1ccccc1.CON=C(c1ccccc1)[C@@H](NC(=O)C(F)(F)F)C(C)C.CON=C(c1ccccc1)[C@@H](NC(=O)OC(C)(C)C)C(C)C. The summed E-state index contributed by atoms with van der Waals surface area (Å²) in [4.78, 5) is 57.2. The fourth-order valence-corrected chi connectivity index (χ4v) is 5.50. The predicted octanol–water partition coefficient (Wildman–Crippen LogP) is 9.75. The number of rotatable bonds is 14. The molecule has 0 aliphatic heterocycles. The number of nitrogens with zero attached hydrogens (tertiary/aromatic N) is 2. The minimum absolute atomic E-state index is 0.0183. The molecule has 0 saturated heterocycles. The van der Waals surface area contributed by atoms with Crippen LogP contribution in [0, 0.1) is 17.8 Å². The first kappa shape index (κ1) is 55.1. The van der Waals surface area contributed by atoms with Gasteiger partial charge < -0.3 is 35.1 Å². The van der Waals surface area contributed by atoms with E-state index in [1.807, 2.05) is 90.2 Å². The van der Waals surface area contributed by atoms with Gasteiger partial charge in [0, 0.05) is 16.7 Å². The lowest BCUT2D eigenvalue weighted by molar-refractivity contribution is -0.174. The lowest BCUT2D eigenvalue weighted by Gasteiger charge is -2.26. The number of alkyl carbamates (subject to hydrolysis) is 2. The van der Waals surface area contributed by atoms with Crippen molar-refractivity contribution in [2.24, 2.45) is 28.1 Å². The van der Waals surface area contributed by atoms with Crippen molar-refractivity contribution in [1.29, 1.82) is 0 Å². The van der Waals surface area contributed by atoms with Crippen LogP contribution in [0.15, 0.2) is 101 Å². The van der Waals surface area contributed by atoms with Gasteiger partial charge in [0.1, 0.15) is 36.8 Å². The van der Waals surface area contributed by atoms with Gasteiger partial charge in [0.2, 0.25) is 0 Å². The quantitative estimate of drug-likeness (QED) is 0.0818. The Balaban J connectivity index is 0.000000473. The summed E-state index contributed by atoms with van der Waals surface area (Å²) in [6, 6.07) is 25.4. The third kappa shape index (κ3) is 21.1. The summed E-state index contributed by atoms with van der Waals surface area (Å²) in [5.74, 6) is -2.30. The molecule has 0 aliphatic rings. The van der Waals surface area contributed by atoms with Crippen LogP contribution in [0.2, 0.25) is 0 Å². The number of hydrogen-bond acceptors (Lipinski definition) is 10. The van der Waals surface area contributed by atoms with Crippen molar-refractivity contribution in [1.82, 2.24) is 16.0 Å². The lowest BCUT2D eigenvalue weighted by atomic mass is 9.94. The molecule has 0 saturated carbocycles. The smallest absolute Gasteiger partial charge is 0.444 e. The molecule has 63 heavy (non-hydrogen) atoms. The number of nitrogens with one attached hydrogen (secondary N) is 3. The number of ketones is 1. The molecule has 3 atom stereocenters. The summed E-state index contributed by atoms with van der Waals surface area (Å²) in [5, 5.41) is 15.4. The molecule has 13 nitrogen and oxygen atoms in total. The second-order valence-electron chi connectivity index (χ2n) is 17.2. The van der Waals surface area contributed by atoms with E-state index in [9.17, 15) is 32.3 Å². The summed E-state index contributed by atoms with van der Waals surface area (Å²) in [6.45, 7) is 22.0. The van der Waals surface area contributed by atoms with E-state index in [1.54, 1.807) is 89.2 Å². The van der Waals surface area contributed by atoms with Gasteiger partial charge in [-0.15, -0.1) is 0 Å². The third-order valence-corrected chi connectivity index (χ3v) is 8.34. The van der Waals surface area contributed by atoms with Gasteiger partial charge in [-0.1, -0.05) is 143 Å². The Morgan fingerprint density at radius 2 is 0.794 bits per heavy atom. The van der Waals surface area contributed by atoms with Gasteiger partial charge in [-0.25, -0.2) is 9.59 Å². The second kappa shape index (κ2) is 25.9. The van der Waals surface area contributed by atoms with Crippen LogP contribution in [-0.4, -0.2) is 85.0 Å². The number of carbonyl (C=O) groups is 4. The van der Waals surface area contributed by atoms with E-state index in [0.717, 1.165) is 5.56 Å². The Bertz CT molecular complexity index is 1910. The molecule has 348 valence electrons. The number of hydrogen-bond donors (Lipinski definition) is 3. The minimum atomic E-state index is -4.94. The first-order valence-electron chi connectivity index (χ1n) is 20.5.